The maximum absolute atomic E-state index is 10.1. The van der Waals surface area contributed by atoms with Crippen molar-refractivity contribution in [3.8, 4) is 11.6 Å². The molecule has 134 valence electrons. The number of H-pyrrole nitrogens is 1. The van der Waals surface area contributed by atoms with Gasteiger partial charge in [-0.05, 0) is 42.0 Å². The van der Waals surface area contributed by atoms with Crippen molar-refractivity contribution in [2.45, 2.75) is 6.61 Å². The number of hydrogen-bond donors (Lipinski definition) is 2. The smallest absolute Gasteiger partial charge is 0.198 e. The number of aliphatic imine (C=N–C) groups is 1. The number of hydrogen-bond acceptors (Lipinski definition) is 3. The first-order chi connectivity index (χ1) is 13.2. The molecule has 0 bridgehead atoms. The molecule has 0 spiro atoms. The van der Waals surface area contributed by atoms with Gasteiger partial charge in [-0.15, -0.1) is 0 Å². The molecule has 1 aromatic heterocycles. The molecule has 3 aromatic carbocycles. The first-order valence-electron chi connectivity index (χ1n) is 8.50. The van der Waals surface area contributed by atoms with E-state index in [4.69, 9.17) is 16.3 Å². The van der Waals surface area contributed by atoms with E-state index in [0.717, 1.165) is 27.9 Å². The lowest BCUT2D eigenvalue weighted by molar-refractivity contribution is 0.306. The van der Waals surface area contributed by atoms with Gasteiger partial charge in [0.15, 0.2) is 5.88 Å². The van der Waals surface area contributed by atoms with Crippen molar-refractivity contribution in [1.82, 2.24) is 4.98 Å². The highest BCUT2D eigenvalue weighted by Gasteiger charge is 2.09. The summed E-state index contributed by atoms with van der Waals surface area (Å²) in [5.41, 5.74) is 3.29. The van der Waals surface area contributed by atoms with Crippen LogP contribution in [0.4, 0.5) is 5.69 Å². The number of aromatic hydroxyl groups is 1. The number of fused-ring (bicyclic) bond motifs is 1. The molecule has 0 unspecified atom stereocenters. The van der Waals surface area contributed by atoms with Crippen LogP contribution in [0.15, 0.2) is 77.8 Å². The maximum atomic E-state index is 10.1. The van der Waals surface area contributed by atoms with Gasteiger partial charge < -0.3 is 14.8 Å². The third kappa shape index (κ3) is 3.96. The minimum atomic E-state index is 0.0684. The van der Waals surface area contributed by atoms with Crippen molar-refractivity contribution in [2.75, 3.05) is 0 Å². The molecule has 27 heavy (non-hydrogen) atoms. The van der Waals surface area contributed by atoms with Crippen LogP contribution in [0.3, 0.4) is 0 Å². The Morgan fingerprint density at radius 1 is 1.00 bits per heavy atom. The number of halogens is 1. The second-order valence-electron chi connectivity index (χ2n) is 6.10. The van der Waals surface area contributed by atoms with Crippen LogP contribution in [-0.2, 0) is 6.61 Å². The molecule has 0 aliphatic heterocycles. The molecule has 0 radical (unpaired) electrons. The van der Waals surface area contributed by atoms with E-state index in [0.29, 0.717) is 17.2 Å². The Labute approximate surface area is 161 Å². The summed E-state index contributed by atoms with van der Waals surface area (Å²) in [6, 6.07) is 22.9. The average molecular weight is 377 g/mol. The predicted octanol–water partition coefficient (Wildman–Crippen LogP) is 5.86. The van der Waals surface area contributed by atoms with Crippen molar-refractivity contribution in [3.63, 3.8) is 0 Å². The van der Waals surface area contributed by atoms with E-state index in [1.165, 1.54) is 0 Å². The summed E-state index contributed by atoms with van der Waals surface area (Å²) < 4.78 is 5.78. The zero-order chi connectivity index (χ0) is 18.6. The summed E-state index contributed by atoms with van der Waals surface area (Å²) >= 11 is 5.99. The Kier molecular flexibility index (Phi) is 4.81. The molecule has 4 rings (SSSR count). The first kappa shape index (κ1) is 17.2. The van der Waals surface area contributed by atoms with Crippen LogP contribution in [0.5, 0.6) is 11.6 Å². The predicted molar refractivity (Wildman–Crippen MR) is 109 cm³/mol. The van der Waals surface area contributed by atoms with Gasteiger partial charge in [0.2, 0.25) is 0 Å². The molecular weight excluding hydrogens is 360 g/mol. The number of nitrogens with zero attached hydrogens (tertiary/aromatic N) is 1. The summed E-state index contributed by atoms with van der Waals surface area (Å²) in [6.45, 7) is 0.523. The third-order valence-electron chi connectivity index (χ3n) is 4.21. The highest BCUT2D eigenvalue weighted by Crippen LogP contribution is 2.28. The topological polar surface area (TPSA) is 57.6 Å². The third-order valence-corrected chi connectivity index (χ3v) is 4.44. The number of benzene rings is 3. The van der Waals surface area contributed by atoms with Crippen molar-refractivity contribution >= 4 is 34.4 Å². The molecule has 0 aliphatic rings. The van der Waals surface area contributed by atoms with Crippen LogP contribution in [0.1, 0.15) is 11.1 Å². The van der Waals surface area contributed by atoms with Crippen LogP contribution in [-0.4, -0.2) is 16.3 Å². The molecular formula is C22H17ClN2O2. The van der Waals surface area contributed by atoms with Crippen LogP contribution < -0.4 is 4.74 Å². The molecule has 4 aromatic rings. The molecule has 4 nitrogen and oxygen atoms in total. The number of nitrogens with one attached hydrogen (secondary N) is 1. The number of ether oxygens (including phenoxy) is 1. The van der Waals surface area contributed by atoms with E-state index in [2.05, 4.69) is 9.98 Å². The van der Waals surface area contributed by atoms with Gasteiger partial charge in [0, 0.05) is 16.6 Å². The van der Waals surface area contributed by atoms with E-state index in [1.807, 2.05) is 60.7 Å². The highest BCUT2D eigenvalue weighted by atomic mass is 35.5. The largest absolute Gasteiger partial charge is 0.494 e. The van der Waals surface area contributed by atoms with Crippen molar-refractivity contribution in [1.29, 1.82) is 0 Å². The van der Waals surface area contributed by atoms with E-state index < -0.39 is 0 Å². The van der Waals surface area contributed by atoms with Gasteiger partial charge in [-0.1, -0.05) is 48.0 Å². The molecule has 2 N–H and O–H groups in total. The lowest BCUT2D eigenvalue weighted by Crippen LogP contribution is -1.94. The highest BCUT2D eigenvalue weighted by molar-refractivity contribution is 6.31. The fourth-order valence-corrected chi connectivity index (χ4v) is 2.99. The molecule has 0 saturated carbocycles. The SMILES string of the molecule is Oc1[nH]c2cc(Cl)ccc2c1C=Nc1ccc(OCc2ccccc2)cc1. The first-order valence-corrected chi connectivity index (χ1v) is 8.88. The number of aromatic amines is 1. The number of aromatic nitrogens is 1. The molecule has 0 atom stereocenters. The van der Waals surface area contributed by atoms with Gasteiger partial charge >= 0.3 is 0 Å². The van der Waals surface area contributed by atoms with Gasteiger partial charge in [-0.3, -0.25) is 4.99 Å². The van der Waals surface area contributed by atoms with E-state index in [1.54, 1.807) is 18.3 Å². The summed E-state index contributed by atoms with van der Waals surface area (Å²) in [7, 11) is 0. The van der Waals surface area contributed by atoms with Gasteiger partial charge in [0.05, 0.1) is 16.8 Å². The maximum Gasteiger partial charge on any atom is 0.198 e. The number of rotatable bonds is 5. The Morgan fingerprint density at radius 3 is 2.56 bits per heavy atom. The van der Waals surface area contributed by atoms with E-state index in [-0.39, 0.29) is 5.88 Å². The van der Waals surface area contributed by atoms with Gasteiger partial charge in [-0.25, -0.2) is 0 Å². The Balaban J connectivity index is 1.48. The van der Waals surface area contributed by atoms with Crippen LogP contribution in [0.25, 0.3) is 10.9 Å². The second-order valence-corrected chi connectivity index (χ2v) is 6.54. The zero-order valence-electron chi connectivity index (χ0n) is 14.4. The molecule has 0 aliphatic carbocycles. The minimum Gasteiger partial charge on any atom is -0.494 e. The van der Waals surface area contributed by atoms with E-state index >= 15 is 0 Å². The fraction of sp³-hybridized carbons (Fsp3) is 0.0455. The van der Waals surface area contributed by atoms with Gasteiger partial charge in [0.25, 0.3) is 0 Å². The molecule has 0 amide bonds. The average Bonchev–Trinajstić information content (AvgIpc) is 3.00. The fourth-order valence-electron chi connectivity index (χ4n) is 2.82. The van der Waals surface area contributed by atoms with Crippen molar-refractivity contribution < 1.29 is 9.84 Å². The molecule has 0 fully saturated rings. The summed E-state index contributed by atoms with van der Waals surface area (Å²) in [6.07, 6.45) is 1.64. The Morgan fingerprint density at radius 2 is 1.78 bits per heavy atom. The summed E-state index contributed by atoms with van der Waals surface area (Å²) in [5, 5.41) is 11.6. The van der Waals surface area contributed by atoms with Crippen LogP contribution >= 0.6 is 11.6 Å². The second kappa shape index (κ2) is 7.56. The van der Waals surface area contributed by atoms with Gasteiger partial charge in [0.1, 0.15) is 12.4 Å². The summed E-state index contributed by atoms with van der Waals surface area (Å²) in [4.78, 5) is 7.35. The van der Waals surface area contributed by atoms with Crippen LogP contribution in [0, 0.1) is 0 Å². The quantitative estimate of drug-likeness (QED) is 0.429. The zero-order valence-corrected chi connectivity index (χ0v) is 15.1. The van der Waals surface area contributed by atoms with Gasteiger partial charge in [-0.2, -0.15) is 0 Å². The molecule has 1 heterocycles. The normalized spacial score (nSPS) is 11.3. The minimum absolute atomic E-state index is 0.0684. The monoisotopic (exact) mass is 376 g/mol. The van der Waals surface area contributed by atoms with Crippen molar-refractivity contribution in [2.24, 2.45) is 4.99 Å². The lowest BCUT2D eigenvalue weighted by Gasteiger charge is -2.06. The molecule has 0 saturated heterocycles. The van der Waals surface area contributed by atoms with E-state index in [9.17, 15) is 5.11 Å². The molecule has 5 heteroatoms. The van der Waals surface area contributed by atoms with Crippen LogP contribution in [0.2, 0.25) is 5.02 Å². The Bertz CT molecular complexity index is 1090. The standard InChI is InChI=1S/C22H17ClN2O2/c23-16-6-11-19-20(22(26)25-21(19)12-16)13-24-17-7-9-18(10-8-17)27-14-15-4-2-1-3-5-15/h1-13,25-26H,14H2. The lowest BCUT2D eigenvalue weighted by atomic mass is 10.2. The van der Waals surface area contributed by atoms with Crippen molar-refractivity contribution in [3.05, 3.63) is 88.9 Å². The Hall–Kier alpha value is -3.24. The summed E-state index contributed by atoms with van der Waals surface area (Å²) in [5.74, 6) is 0.848.